The van der Waals surface area contributed by atoms with E-state index >= 15 is 0 Å². The Morgan fingerprint density at radius 1 is 1.09 bits per heavy atom. The molecular weight excluding hydrogens is 602 g/mol. The van der Waals surface area contributed by atoms with E-state index in [1.54, 1.807) is 40.6 Å². The Balaban J connectivity index is 1.32. The molecule has 2 saturated carbocycles. The smallest absolute Gasteiger partial charge is 0.282 e. The second kappa shape index (κ2) is 10.2. The number of benzene rings is 1. The fourth-order valence-electron chi connectivity index (χ4n) is 6.57. The van der Waals surface area contributed by atoms with Gasteiger partial charge in [-0.15, -0.1) is 16.4 Å². The summed E-state index contributed by atoms with van der Waals surface area (Å²) in [5, 5.41) is 8.99. The predicted octanol–water partition coefficient (Wildman–Crippen LogP) is 5.11. The number of ketones is 1. The molecule has 0 N–H and O–H groups in total. The summed E-state index contributed by atoms with van der Waals surface area (Å²) < 4.78 is 46.4. The van der Waals surface area contributed by atoms with Gasteiger partial charge < -0.3 is 0 Å². The Morgan fingerprint density at radius 3 is 2.48 bits per heavy atom. The van der Waals surface area contributed by atoms with Crippen LogP contribution in [-0.4, -0.2) is 60.1 Å². The lowest BCUT2D eigenvalue weighted by Gasteiger charge is -2.46. The molecule has 3 aliphatic rings. The van der Waals surface area contributed by atoms with Crippen molar-refractivity contribution >= 4 is 33.2 Å². The van der Waals surface area contributed by atoms with Crippen molar-refractivity contribution in [3.05, 3.63) is 75.5 Å². The third kappa shape index (κ3) is 4.85. The number of aryl methyl sites for hydroxylation is 1. The molecule has 0 amide bonds. The summed E-state index contributed by atoms with van der Waals surface area (Å²) in [7, 11) is -2.34. The molecule has 0 unspecified atom stereocenters. The first-order valence-corrected chi connectivity index (χ1v) is 17.1. The molecule has 3 aliphatic carbocycles. The van der Waals surface area contributed by atoms with Crippen molar-refractivity contribution in [2.45, 2.75) is 82.0 Å². The SMILES string of the molecule is Cn1cnc(S(=O)(=O)N(C2CC2)[C@H]2CCC3=Cc4c(cnn4-c4ccc(F)cc4)C[C@]3(C(=O)c3ncc(C(C)(C)C)s3)C2)n1. The zero-order valence-electron chi connectivity index (χ0n) is 25.1. The van der Waals surface area contributed by atoms with E-state index in [9.17, 15) is 17.6 Å². The van der Waals surface area contributed by atoms with Crippen LogP contribution in [0.4, 0.5) is 4.39 Å². The van der Waals surface area contributed by atoms with Crippen LogP contribution in [0.2, 0.25) is 0 Å². The van der Waals surface area contributed by atoms with Crippen LogP contribution in [0.3, 0.4) is 0 Å². The van der Waals surface area contributed by atoms with Gasteiger partial charge in [-0.2, -0.15) is 9.40 Å². The van der Waals surface area contributed by atoms with E-state index in [-0.39, 0.29) is 28.2 Å². The number of hydrogen-bond acceptors (Lipinski definition) is 8. The van der Waals surface area contributed by atoms with E-state index in [2.05, 4.69) is 40.9 Å². The van der Waals surface area contributed by atoms with E-state index in [1.165, 1.54) is 34.5 Å². The van der Waals surface area contributed by atoms with Crippen molar-refractivity contribution in [3.8, 4) is 5.69 Å². The van der Waals surface area contributed by atoms with E-state index in [4.69, 9.17) is 0 Å². The molecule has 3 aromatic heterocycles. The largest absolute Gasteiger partial charge is 0.290 e. The fraction of sp³-hybridized carbons (Fsp3) is 0.452. The highest BCUT2D eigenvalue weighted by Crippen LogP contribution is 2.53. The Kier molecular flexibility index (Phi) is 6.79. The Morgan fingerprint density at radius 2 is 1.84 bits per heavy atom. The number of nitrogens with zero attached hydrogens (tertiary/aromatic N) is 7. The van der Waals surface area contributed by atoms with E-state index in [0.717, 1.165) is 40.2 Å². The van der Waals surface area contributed by atoms with Gasteiger partial charge in [-0.1, -0.05) is 26.3 Å². The fourth-order valence-corrected chi connectivity index (χ4v) is 9.36. The molecule has 2 atom stereocenters. The quantitative estimate of drug-likeness (QED) is 0.259. The number of carbonyl (C=O) groups excluding carboxylic acids is 1. The van der Waals surface area contributed by atoms with Gasteiger partial charge in [0.2, 0.25) is 5.78 Å². The summed E-state index contributed by atoms with van der Waals surface area (Å²) in [4.78, 5) is 24.4. The number of carbonyl (C=O) groups is 1. The summed E-state index contributed by atoms with van der Waals surface area (Å²) >= 11 is 1.41. The average molecular weight is 636 g/mol. The highest BCUT2D eigenvalue weighted by molar-refractivity contribution is 7.89. The van der Waals surface area contributed by atoms with Crippen LogP contribution in [0.25, 0.3) is 11.8 Å². The predicted molar refractivity (Wildman–Crippen MR) is 163 cm³/mol. The van der Waals surface area contributed by atoms with Gasteiger partial charge in [0, 0.05) is 30.2 Å². The van der Waals surface area contributed by atoms with Gasteiger partial charge in [0.05, 0.1) is 23.0 Å². The zero-order chi connectivity index (χ0) is 31.0. The maximum Gasteiger partial charge on any atom is 0.282 e. The number of rotatable bonds is 7. The standard InChI is InChI=1S/C31H34FN7O3S2/c1-30(2,3)26-17-33-28(43-26)27(40)31-14-19-16-35-38(22-9-6-21(32)7-10-22)25(19)13-20(31)5-8-24(15-31)39(23-11-12-23)44(41,42)29-34-18-37(4)36-29/h6-7,9-10,13,16-18,23-24H,5,8,11-12,14-15H2,1-4H3/t24-,31-/m0/s1. The number of sulfonamides is 1. The topological polar surface area (TPSA) is 116 Å². The molecule has 7 rings (SSSR count). The number of halogens is 1. The van der Waals surface area contributed by atoms with Crippen LogP contribution < -0.4 is 0 Å². The Labute approximate surface area is 259 Å². The average Bonchev–Trinajstić information content (AvgIpc) is 3.34. The van der Waals surface area contributed by atoms with Crippen LogP contribution in [0.5, 0.6) is 0 Å². The van der Waals surface area contributed by atoms with Gasteiger partial charge >= 0.3 is 0 Å². The van der Waals surface area contributed by atoms with Crippen molar-refractivity contribution in [1.82, 2.24) is 33.8 Å². The second-order valence-electron chi connectivity index (χ2n) is 13.1. The van der Waals surface area contributed by atoms with Gasteiger partial charge in [-0.05, 0) is 79.8 Å². The lowest BCUT2D eigenvalue weighted by Crippen LogP contribution is -2.51. The van der Waals surface area contributed by atoms with Gasteiger partial charge in [0.25, 0.3) is 15.2 Å². The van der Waals surface area contributed by atoms with Crippen LogP contribution in [-0.2, 0) is 28.9 Å². The molecule has 0 spiro atoms. The lowest BCUT2D eigenvalue weighted by atomic mass is 9.61. The second-order valence-corrected chi connectivity index (χ2v) is 15.9. The van der Waals surface area contributed by atoms with Crippen LogP contribution in [0.1, 0.15) is 78.8 Å². The van der Waals surface area contributed by atoms with Gasteiger partial charge in [0.15, 0.2) is 5.01 Å². The maximum atomic E-state index is 14.7. The first-order valence-electron chi connectivity index (χ1n) is 14.8. The number of thiazole rings is 1. The minimum absolute atomic E-state index is 0.0850. The lowest BCUT2D eigenvalue weighted by molar-refractivity contribution is 0.0738. The summed E-state index contributed by atoms with van der Waals surface area (Å²) in [6, 6.07) is 5.61. The highest BCUT2D eigenvalue weighted by Gasteiger charge is 2.54. The molecule has 0 saturated heterocycles. The van der Waals surface area contributed by atoms with Crippen molar-refractivity contribution in [3.63, 3.8) is 0 Å². The molecule has 10 nitrogen and oxygen atoms in total. The van der Waals surface area contributed by atoms with Crippen LogP contribution >= 0.6 is 11.3 Å². The molecule has 13 heteroatoms. The Hall–Kier alpha value is -3.55. The number of fused-ring (bicyclic) bond motifs is 2. The van der Waals surface area contributed by atoms with E-state index in [1.807, 2.05) is 6.08 Å². The van der Waals surface area contributed by atoms with Gasteiger partial charge in [0.1, 0.15) is 12.1 Å². The van der Waals surface area contributed by atoms with Crippen LogP contribution in [0, 0.1) is 11.2 Å². The summed E-state index contributed by atoms with van der Waals surface area (Å²) in [6.45, 7) is 6.28. The first kappa shape index (κ1) is 29.2. The third-order valence-electron chi connectivity index (χ3n) is 8.93. The number of hydrogen-bond donors (Lipinski definition) is 0. The first-order chi connectivity index (χ1) is 20.9. The third-order valence-corrected chi connectivity index (χ3v) is 12.2. The number of Topliss-reactive ketones (excluding diaryl/α,β-unsaturated/α-hetero) is 1. The number of allylic oxidation sites excluding steroid dienone is 1. The van der Waals surface area contributed by atoms with Crippen molar-refractivity contribution in [1.29, 1.82) is 0 Å². The normalized spacial score (nSPS) is 22.0. The summed E-state index contributed by atoms with van der Waals surface area (Å²) in [6.07, 6.45) is 10.3. The molecular formula is C31H34FN7O3S2. The van der Waals surface area contributed by atoms with Gasteiger partial charge in [-0.3, -0.25) is 9.48 Å². The molecule has 2 fully saturated rings. The zero-order valence-corrected chi connectivity index (χ0v) is 26.7. The number of aromatic nitrogens is 6. The Bertz CT molecular complexity index is 1900. The van der Waals surface area contributed by atoms with E-state index < -0.39 is 21.5 Å². The monoisotopic (exact) mass is 635 g/mol. The molecule has 3 heterocycles. The van der Waals surface area contributed by atoms with Gasteiger partial charge in [-0.25, -0.2) is 27.5 Å². The minimum Gasteiger partial charge on any atom is -0.290 e. The maximum absolute atomic E-state index is 14.7. The van der Waals surface area contributed by atoms with Crippen LogP contribution in [0.15, 0.2) is 53.7 Å². The minimum atomic E-state index is -3.98. The summed E-state index contributed by atoms with van der Waals surface area (Å²) in [5.74, 6) is -0.413. The molecule has 1 aromatic carbocycles. The molecule has 4 aromatic rings. The van der Waals surface area contributed by atoms with E-state index in [0.29, 0.717) is 30.7 Å². The molecule has 0 aliphatic heterocycles. The van der Waals surface area contributed by atoms with Crippen molar-refractivity contribution < 1.29 is 17.6 Å². The summed E-state index contributed by atoms with van der Waals surface area (Å²) in [5.41, 5.74) is 2.26. The molecule has 0 bridgehead atoms. The molecule has 0 radical (unpaired) electrons. The highest BCUT2D eigenvalue weighted by atomic mass is 32.2. The van der Waals surface area contributed by atoms with Crippen molar-refractivity contribution in [2.24, 2.45) is 12.5 Å². The molecule has 44 heavy (non-hydrogen) atoms. The molecule has 230 valence electrons. The van der Waals surface area contributed by atoms with Crippen molar-refractivity contribution in [2.75, 3.05) is 0 Å².